The maximum atomic E-state index is 12.5. The second kappa shape index (κ2) is 5.83. The number of nitrogens with one attached hydrogen (secondary N) is 2. The molecule has 2 heterocycles. The van der Waals surface area contributed by atoms with Crippen molar-refractivity contribution in [2.45, 2.75) is 13.0 Å². The molecule has 5 heteroatoms. The van der Waals surface area contributed by atoms with E-state index in [2.05, 4.69) is 15.6 Å². The molecule has 1 aromatic heterocycles. The fourth-order valence-electron chi connectivity index (χ4n) is 2.34. The van der Waals surface area contributed by atoms with Gasteiger partial charge >= 0.3 is 0 Å². The number of pyridine rings is 1. The minimum Gasteiger partial charge on any atom is -0.489 e. The van der Waals surface area contributed by atoms with Gasteiger partial charge in [0.05, 0.1) is 17.3 Å². The smallest absolute Gasteiger partial charge is 0.255 e. The van der Waals surface area contributed by atoms with E-state index < -0.39 is 0 Å². The molecule has 0 radical (unpaired) electrons. The predicted molar refractivity (Wildman–Crippen MR) is 80.5 cm³/mol. The first-order valence-electron chi connectivity index (χ1n) is 6.96. The fourth-order valence-corrected chi connectivity index (χ4v) is 2.34. The van der Waals surface area contributed by atoms with E-state index in [0.717, 1.165) is 17.8 Å². The predicted octanol–water partition coefficient (Wildman–Crippen LogP) is 2.38. The summed E-state index contributed by atoms with van der Waals surface area (Å²) in [7, 11) is 0. The van der Waals surface area contributed by atoms with Crippen molar-refractivity contribution in [3.05, 3.63) is 53.9 Å². The number of hydrogen-bond donors (Lipinski definition) is 2. The molecule has 5 nitrogen and oxygen atoms in total. The van der Waals surface area contributed by atoms with E-state index in [1.165, 1.54) is 0 Å². The van der Waals surface area contributed by atoms with Crippen LogP contribution in [0.2, 0.25) is 0 Å². The zero-order valence-electron chi connectivity index (χ0n) is 11.8. The van der Waals surface area contributed by atoms with Crippen LogP contribution < -0.4 is 15.4 Å². The molecular formula is C16H17N3O2. The van der Waals surface area contributed by atoms with Crippen LogP contribution in [0.1, 0.15) is 28.9 Å². The summed E-state index contributed by atoms with van der Waals surface area (Å²) in [6, 6.07) is 9.22. The van der Waals surface area contributed by atoms with Crippen molar-refractivity contribution in [3.63, 3.8) is 0 Å². The molecule has 108 valence electrons. The molecule has 1 atom stereocenters. The van der Waals surface area contributed by atoms with Gasteiger partial charge in [0.1, 0.15) is 6.61 Å². The molecule has 0 spiro atoms. The highest BCUT2D eigenvalue weighted by molar-refractivity contribution is 5.99. The molecule has 0 bridgehead atoms. The number of amides is 1. The van der Waals surface area contributed by atoms with Gasteiger partial charge in [-0.1, -0.05) is 12.1 Å². The summed E-state index contributed by atoms with van der Waals surface area (Å²) in [5.41, 5.74) is 2.38. The Labute approximate surface area is 123 Å². The summed E-state index contributed by atoms with van der Waals surface area (Å²) in [4.78, 5) is 16.5. The van der Waals surface area contributed by atoms with Crippen LogP contribution >= 0.6 is 0 Å². The Hall–Kier alpha value is -2.56. The Bertz CT molecular complexity index is 643. The number of nitrogens with zero attached hydrogens (tertiary/aromatic N) is 1. The molecule has 1 unspecified atom stereocenters. The molecule has 2 N–H and O–H groups in total. The number of para-hydroxylation sites is 1. The third-order valence-corrected chi connectivity index (χ3v) is 3.46. The van der Waals surface area contributed by atoms with Crippen LogP contribution in [0.5, 0.6) is 5.75 Å². The van der Waals surface area contributed by atoms with E-state index in [0.29, 0.717) is 17.9 Å². The highest BCUT2D eigenvalue weighted by Gasteiger charge is 2.20. The Morgan fingerprint density at radius 2 is 2.29 bits per heavy atom. The van der Waals surface area contributed by atoms with Gasteiger partial charge in [0.2, 0.25) is 0 Å². The van der Waals surface area contributed by atoms with Gasteiger partial charge in [0, 0.05) is 18.9 Å². The van der Waals surface area contributed by atoms with Gasteiger partial charge in [-0.25, -0.2) is 0 Å². The highest BCUT2D eigenvalue weighted by Crippen LogP contribution is 2.31. The molecule has 3 rings (SSSR count). The van der Waals surface area contributed by atoms with Crippen molar-refractivity contribution in [1.29, 1.82) is 0 Å². The summed E-state index contributed by atoms with van der Waals surface area (Å²) < 4.78 is 5.63. The van der Waals surface area contributed by atoms with Crippen molar-refractivity contribution in [1.82, 2.24) is 10.3 Å². The van der Waals surface area contributed by atoms with Gasteiger partial charge in [0.25, 0.3) is 5.91 Å². The van der Waals surface area contributed by atoms with Gasteiger partial charge in [0.15, 0.2) is 5.75 Å². The standard InChI is InChI=1S/C16H17N3O2/c1-11(12-4-3-7-17-10-12)19-16(20)13-5-2-6-14-15(13)21-9-8-18-14/h2-7,10-11,18H,8-9H2,1H3,(H,19,20). The third-order valence-electron chi connectivity index (χ3n) is 3.46. The Morgan fingerprint density at radius 1 is 1.38 bits per heavy atom. The lowest BCUT2D eigenvalue weighted by Crippen LogP contribution is -2.28. The summed E-state index contributed by atoms with van der Waals surface area (Å²) in [5, 5.41) is 6.20. The Kier molecular flexibility index (Phi) is 3.73. The van der Waals surface area contributed by atoms with Crippen molar-refractivity contribution in [3.8, 4) is 5.75 Å². The summed E-state index contributed by atoms with van der Waals surface area (Å²) in [6.07, 6.45) is 3.47. The molecule has 0 saturated carbocycles. The number of anilines is 1. The number of aromatic nitrogens is 1. The second-order valence-electron chi connectivity index (χ2n) is 4.94. The SMILES string of the molecule is CC(NC(=O)c1cccc2c1OCCN2)c1cccnc1. The maximum Gasteiger partial charge on any atom is 0.255 e. The van der Waals surface area contributed by atoms with E-state index in [1.54, 1.807) is 18.5 Å². The van der Waals surface area contributed by atoms with Crippen LogP contribution in [0.4, 0.5) is 5.69 Å². The van der Waals surface area contributed by atoms with Gasteiger partial charge < -0.3 is 15.4 Å². The van der Waals surface area contributed by atoms with E-state index in [1.807, 2.05) is 31.2 Å². The number of fused-ring (bicyclic) bond motifs is 1. The van der Waals surface area contributed by atoms with Crippen LogP contribution in [0.25, 0.3) is 0 Å². The zero-order valence-corrected chi connectivity index (χ0v) is 11.8. The van der Waals surface area contributed by atoms with E-state index in [4.69, 9.17) is 4.74 Å². The number of carbonyl (C=O) groups is 1. The van der Waals surface area contributed by atoms with Crippen molar-refractivity contribution in [2.75, 3.05) is 18.5 Å². The minimum absolute atomic E-state index is 0.112. The molecular weight excluding hydrogens is 266 g/mol. The number of hydrogen-bond acceptors (Lipinski definition) is 4. The number of benzene rings is 1. The monoisotopic (exact) mass is 283 g/mol. The van der Waals surface area contributed by atoms with E-state index in [-0.39, 0.29) is 11.9 Å². The fraction of sp³-hybridized carbons (Fsp3) is 0.250. The lowest BCUT2D eigenvalue weighted by Gasteiger charge is -2.22. The van der Waals surface area contributed by atoms with Gasteiger partial charge in [-0.3, -0.25) is 9.78 Å². The van der Waals surface area contributed by atoms with Crippen LogP contribution in [0.3, 0.4) is 0 Å². The van der Waals surface area contributed by atoms with Crippen LogP contribution in [-0.4, -0.2) is 24.0 Å². The van der Waals surface area contributed by atoms with Gasteiger partial charge in [-0.05, 0) is 30.7 Å². The average Bonchev–Trinajstić information content (AvgIpc) is 2.55. The Balaban J connectivity index is 1.80. The first-order valence-corrected chi connectivity index (χ1v) is 6.96. The molecule has 0 aliphatic carbocycles. The molecule has 1 aliphatic rings. The summed E-state index contributed by atoms with van der Waals surface area (Å²) in [6.45, 7) is 3.25. The third kappa shape index (κ3) is 2.81. The molecule has 0 fully saturated rings. The number of carbonyl (C=O) groups excluding carboxylic acids is 1. The topological polar surface area (TPSA) is 63.2 Å². The molecule has 1 aliphatic heterocycles. The van der Waals surface area contributed by atoms with E-state index in [9.17, 15) is 4.79 Å². The first kappa shape index (κ1) is 13.4. The average molecular weight is 283 g/mol. The lowest BCUT2D eigenvalue weighted by atomic mass is 10.1. The van der Waals surface area contributed by atoms with Crippen LogP contribution in [-0.2, 0) is 0 Å². The normalized spacial score (nSPS) is 14.3. The van der Waals surface area contributed by atoms with Gasteiger partial charge in [-0.15, -0.1) is 0 Å². The van der Waals surface area contributed by atoms with Crippen molar-refractivity contribution < 1.29 is 9.53 Å². The first-order chi connectivity index (χ1) is 10.3. The van der Waals surface area contributed by atoms with Gasteiger partial charge in [-0.2, -0.15) is 0 Å². The summed E-state index contributed by atoms with van der Waals surface area (Å²) >= 11 is 0. The van der Waals surface area contributed by atoms with E-state index >= 15 is 0 Å². The maximum absolute atomic E-state index is 12.5. The van der Waals surface area contributed by atoms with Crippen LogP contribution in [0, 0.1) is 0 Å². The van der Waals surface area contributed by atoms with Crippen molar-refractivity contribution >= 4 is 11.6 Å². The molecule has 21 heavy (non-hydrogen) atoms. The highest BCUT2D eigenvalue weighted by atomic mass is 16.5. The van der Waals surface area contributed by atoms with Crippen molar-refractivity contribution in [2.24, 2.45) is 0 Å². The second-order valence-corrected chi connectivity index (χ2v) is 4.94. The molecule has 2 aromatic rings. The van der Waals surface area contributed by atoms with Crippen LogP contribution in [0.15, 0.2) is 42.7 Å². The Morgan fingerprint density at radius 3 is 3.10 bits per heavy atom. The largest absolute Gasteiger partial charge is 0.489 e. The lowest BCUT2D eigenvalue weighted by molar-refractivity contribution is 0.0935. The quantitative estimate of drug-likeness (QED) is 0.908. The summed E-state index contributed by atoms with van der Waals surface area (Å²) in [5.74, 6) is 0.478. The molecule has 0 saturated heterocycles. The molecule has 1 aromatic carbocycles. The zero-order chi connectivity index (χ0) is 14.7. The minimum atomic E-state index is -0.146. The molecule has 1 amide bonds. The number of rotatable bonds is 3. The number of ether oxygens (including phenoxy) is 1.